The van der Waals surface area contributed by atoms with E-state index < -0.39 is 5.82 Å². The number of halogens is 2. The lowest BCUT2D eigenvalue weighted by Gasteiger charge is -2.05. The Morgan fingerprint density at radius 1 is 1.58 bits per heavy atom. The topological polar surface area (TPSA) is 29.5 Å². The third kappa shape index (κ3) is 1.68. The highest BCUT2D eigenvalue weighted by Crippen LogP contribution is 2.25. The monoisotopic (exact) mass is 190 g/mol. The van der Waals surface area contributed by atoms with Crippen molar-refractivity contribution in [3.8, 4) is 5.75 Å². The SMILES string of the molecule is COc1cc(F)c(Cl)c(CO)c1. The summed E-state index contributed by atoms with van der Waals surface area (Å²) in [6, 6.07) is 2.66. The number of aliphatic hydroxyl groups is 1. The minimum absolute atomic E-state index is 0.0571. The van der Waals surface area contributed by atoms with Crippen molar-refractivity contribution in [2.24, 2.45) is 0 Å². The maximum Gasteiger partial charge on any atom is 0.145 e. The molecule has 1 aromatic rings. The number of methoxy groups -OCH3 is 1. The zero-order chi connectivity index (χ0) is 9.14. The van der Waals surface area contributed by atoms with Crippen LogP contribution in [0.2, 0.25) is 5.02 Å². The van der Waals surface area contributed by atoms with Crippen LogP contribution in [-0.2, 0) is 6.61 Å². The first-order valence-corrected chi connectivity index (χ1v) is 3.69. The van der Waals surface area contributed by atoms with E-state index in [4.69, 9.17) is 21.4 Å². The number of aliphatic hydroxyl groups excluding tert-OH is 1. The molecule has 0 aromatic heterocycles. The lowest BCUT2D eigenvalue weighted by atomic mass is 10.2. The van der Waals surface area contributed by atoms with Gasteiger partial charge in [0, 0.05) is 11.6 Å². The van der Waals surface area contributed by atoms with Crippen LogP contribution < -0.4 is 4.74 Å². The molecule has 1 aromatic carbocycles. The molecule has 0 bridgehead atoms. The van der Waals surface area contributed by atoms with E-state index in [-0.39, 0.29) is 11.6 Å². The summed E-state index contributed by atoms with van der Waals surface area (Å²) in [6.07, 6.45) is 0. The van der Waals surface area contributed by atoms with E-state index in [1.54, 1.807) is 0 Å². The van der Waals surface area contributed by atoms with Gasteiger partial charge in [0.2, 0.25) is 0 Å². The molecule has 0 fully saturated rings. The average Bonchev–Trinajstić information content (AvgIpc) is 2.09. The van der Waals surface area contributed by atoms with Gasteiger partial charge >= 0.3 is 0 Å². The van der Waals surface area contributed by atoms with Crippen LogP contribution in [-0.4, -0.2) is 12.2 Å². The molecule has 0 saturated carbocycles. The molecule has 0 aliphatic heterocycles. The van der Waals surface area contributed by atoms with Crippen molar-refractivity contribution in [2.75, 3.05) is 7.11 Å². The number of benzene rings is 1. The van der Waals surface area contributed by atoms with Gasteiger partial charge in [-0.2, -0.15) is 0 Å². The van der Waals surface area contributed by atoms with Crippen LogP contribution in [0.3, 0.4) is 0 Å². The van der Waals surface area contributed by atoms with Gasteiger partial charge in [0.05, 0.1) is 18.7 Å². The molecule has 1 rings (SSSR count). The summed E-state index contributed by atoms with van der Waals surface area (Å²) in [5.41, 5.74) is 0.327. The summed E-state index contributed by atoms with van der Waals surface area (Å²) in [4.78, 5) is 0. The first kappa shape index (κ1) is 9.29. The minimum atomic E-state index is -0.583. The second-order valence-electron chi connectivity index (χ2n) is 2.24. The lowest BCUT2D eigenvalue weighted by molar-refractivity contribution is 0.280. The van der Waals surface area contributed by atoms with Gasteiger partial charge in [-0.15, -0.1) is 0 Å². The summed E-state index contributed by atoms with van der Waals surface area (Å²) in [5.74, 6) is -0.235. The van der Waals surface area contributed by atoms with Gasteiger partial charge in [-0.05, 0) is 6.07 Å². The molecule has 0 amide bonds. The lowest BCUT2D eigenvalue weighted by Crippen LogP contribution is -1.92. The van der Waals surface area contributed by atoms with Gasteiger partial charge in [-0.25, -0.2) is 4.39 Å². The van der Waals surface area contributed by atoms with Crippen LogP contribution in [0.1, 0.15) is 5.56 Å². The number of rotatable bonds is 2. The predicted octanol–water partition coefficient (Wildman–Crippen LogP) is 1.98. The van der Waals surface area contributed by atoms with Crippen LogP contribution in [0.25, 0.3) is 0 Å². The number of hydrogen-bond donors (Lipinski definition) is 1. The van der Waals surface area contributed by atoms with E-state index in [0.717, 1.165) is 0 Å². The molecule has 0 radical (unpaired) electrons. The maximum atomic E-state index is 12.9. The largest absolute Gasteiger partial charge is 0.497 e. The summed E-state index contributed by atoms with van der Waals surface area (Å²) >= 11 is 5.53. The van der Waals surface area contributed by atoms with Crippen molar-refractivity contribution in [2.45, 2.75) is 6.61 Å². The third-order valence-electron chi connectivity index (χ3n) is 1.48. The van der Waals surface area contributed by atoms with Crippen LogP contribution in [0.4, 0.5) is 4.39 Å². The first-order chi connectivity index (χ1) is 5.69. The molecular weight excluding hydrogens is 183 g/mol. The molecule has 4 heteroatoms. The Hall–Kier alpha value is -0.800. The second-order valence-corrected chi connectivity index (χ2v) is 2.62. The van der Waals surface area contributed by atoms with Gasteiger partial charge < -0.3 is 9.84 Å². The summed E-state index contributed by atoms with van der Waals surface area (Å²) in [5, 5.41) is 8.70. The fourth-order valence-electron chi connectivity index (χ4n) is 0.851. The Morgan fingerprint density at radius 2 is 2.25 bits per heavy atom. The number of ether oxygens (including phenoxy) is 1. The van der Waals surface area contributed by atoms with Gasteiger partial charge in [0.25, 0.3) is 0 Å². The molecule has 12 heavy (non-hydrogen) atoms. The normalized spacial score (nSPS) is 10.0. The predicted molar refractivity (Wildman–Crippen MR) is 43.9 cm³/mol. The van der Waals surface area contributed by atoms with Crippen LogP contribution in [0.15, 0.2) is 12.1 Å². The van der Waals surface area contributed by atoms with E-state index in [1.165, 1.54) is 19.2 Å². The van der Waals surface area contributed by atoms with E-state index in [9.17, 15) is 4.39 Å². The highest BCUT2D eigenvalue weighted by atomic mass is 35.5. The van der Waals surface area contributed by atoms with Gasteiger partial charge in [-0.1, -0.05) is 11.6 Å². The van der Waals surface area contributed by atoms with Gasteiger partial charge in [0.15, 0.2) is 0 Å². The quantitative estimate of drug-likeness (QED) is 0.773. The second kappa shape index (κ2) is 3.74. The Labute approximate surface area is 74.5 Å². The molecule has 1 N–H and O–H groups in total. The van der Waals surface area contributed by atoms with Gasteiger partial charge in [0.1, 0.15) is 11.6 Å². The summed E-state index contributed by atoms with van der Waals surface area (Å²) in [6.45, 7) is -0.299. The van der Waals surface area contributed by atoms with Crippen LogP contribution >= 0.6 is 11.6 Å². The first-order valence-electron chi connectivity index (χ1n) is 3.31. The molecule has 0 spiro atoms. The van der Waals surface area contributed by atoms with Crippen LogP contribution in [0.5, 0.6) is 5.75 Å². The van der Waals surface area contributed by atoms with E-state index in [1.807, 2.05) is 0 Å². The van der Waals surface area contributed by atoms with Crippen molar-refractivity contribution >= 4 is 11.6 Å². The van der Waals surface area contributed by atoms with E-state index >= 15 is 0 Å². The molecule has 0 unspecified atom stereocenters. The Balaban J connectivity index is 3.19. The highest BCUT2D eigenvalue weighted by Gasteiger charge is 2.07. The third-order valence-corrected chi connectivity index (χ3v) is 1.91. The van der Waals surface area contributed by atoms with E-state index in [0.29, 0.717) is 11.3 Å². The zero-order valence-electron chi connectivity index (χ0n) is 6.47. The minimum Gasteiger partial charge on any atom is -0.497 e. The van der Waals surface area contributed by atoms with Crippen molar-refractivity contribution in [1.82, 2.24) is 0 Å². The Kier molecular flexibility index (Phi) is 2.89. The highest BCUT2D eigenvalue weighted by molar-refractivity contribution is 6.31. The summed E-state index contributed by atoms with van der Waals surface area (Å²) < 4.78 is 17.7. The molecule has 0 aliphatic rings. The summed E-state index contributed by atoms with van der Waals surface area (Å²) in [7, 11) is 1.42. The molecule has 0 heterocycles. The smallest absolute Gasteiger partial charge is 0.145 e. The van der Waals surface area contributed by atoms with E-state index in [2.05, 4.69) is 0 Å². The fourth-order valence-corrected chi connectivity index (χ4v) is 1.02. The molecular formula is C8H8ClFO2. The fraction of sp³-hybridized carbons (Fsp3) is 0.250. The average molecular weight is 191 g/mol. The molecule has 66 valence electrons. The van der Waals surface area contributed by atoms with Crippen molar-refractivity contribution < 1.29 is 14.2 Å². The molecule has 0 saturated heterocycles. The van der Waals surface area contributed by atoms with Crippen molar-refractivity contribution in [1.29, 1.82) is 0 Å². The van der Waals surface area contributed by atoms with Gasteiger partial charge in [-0.3, -0.25) is 0 Å². The molecule has 0 atom stereocenters. The van der Waals surface area contributed by atoms with Crippen molar-refractivity contribution in [3.63, 3.8) is 0 Å². The molecule has 2 nitrogen and oxygen atoms in total. The van der Waals surface area contributed by atoms with Crippen molar-refractivity contribution in [3.05, 3.63) is 28.5 Å². The van der Waals surface area contributed by atoms with Crippen LogP contribution in [0, 0.1) is 5.82 Å². The maximum absolute atomic E-state index is 12.9. The Bertz CT molecular complexity index is 289. The zero-order valence-corrected chi connectivity index (χ0v) is 7.23. The standard InChI is InChI=1S/C8H8ClFO2/c1-12-6-2-5(4-11)8(9)7(10)3-6/h2-3,11H,4H2,1H3. The Morgan fingerprint density at radius 3 is 2.75 bits per heavy atom. The molecule has 0 aliphatic carbocycles. The number of hydrogen-bond acceptors (Lipinski definition) is 2.